The molecule has 7 heteroatoms. The fourth-order valence-corrected chi connectivity index (χ4v) is 1.28. The summed E-state index contributed by atoms with van der Waals surface area (Å²) in [5.74, 6) is 4.94. The summed E-state index contributed by atoms with van der Waals surface area (Å²) in [6.07, 6.45) is -1.75. The molecule has 78 valence electrons. The highest BCUT2D eigenvalue weighted by Gasteiger charge is 2.35. The molecule has 1 aliphatic heterocycles. The lowest BCUT2D eigenvalue weighted by Gasteiger charge is -2.36. The highest BCUT2D eigenvalue weighted by atomic mass is 16.7. The second kappa shape index (κ2) is 4.82. The van der Waals surface area contributed by atoms with Gasteiger partial charge in [-0.3, -0.25) is 4.84 Å². The lowest BCUT2D eigenvalue weighted by Crippen LogP contribution is -2.54. The Balaban J connectivity index is 2.50. The van der Waals surface area contributed by atoms with Crippen LogP contribution in [0.5, 0.6) is 0 Å². The summed E-state index contributed by atoms with van der Waals surface area (Å²) in [5.41, 5.74) is 7.52. The molecule has 1 fully saturated rings. The third-order valence-electron chi connectivity index (χ3n) is 2.00. The van der Waals surface area contributed by atoms with E-state index < -0.39 is 24.5 Å². The molecular weight excluding hydrogens is 178 g/mol. The summed E-state index contributed by atoms with van der Waals surface area (Å²) in [7, 11) is 0. The standard InChI is InChI=1S/C6H15N3O4/c7-3-1-4(13-9-8)5(2-10)12-6(3)11/h3-6,9-11H,1-2,7-8H2. The van der Waals surface area contributed by atoms with E-state index >= 15 is 0 Å². The molecule has 0 aromatic rings. The van der Waals surface area contributed by atoms with Crippen molar-refractivity contribution in [2.75, 3.05) is 6.61 Å². The number of hydrogen-bond acceptors (Lipinski definition) is 7. The number of nitrogens with one attached hydrogen (secondary N) is 1. The Morgan fingerprint density at radius 1 is 1.62 bits per heavy atom. The van der Waals surface area contributed by atoms with Crippen molar-refractivity contribution in [2.24, 2.45) is 11.6 Å². The molecule has 7 nitrogen and oxygen atoms in total. The van der Waals surface area contributed by atoms with E-state index in [1.165, 1.54) is 0 Å². The van der Waals surface area contributed by atoms with Crippen LogP contribution in [-0.4, -0.2) is 41.4 Å². The zero-order valence-corrected chi connectivity index (χ0v) is 7.09. The molecule has 1 aliphatic rings. The van der Waals surface area contributed by atoms with Crippen LogP contribution in [0.2, 0.25) is 0 Å². The maximum Gasteiger partial charge on any atom is 0.170 e. The minimum atomic E-state index is -1.06. The van der Waals surface area contributed by atoms with Gasteiger partial charge < -0.3 is 20.7 Å². The van der Waals surface area contributed by atoms with Gasteiger partial charge in [0, 0.05) is 0 Å². The summed E-state index contributed by atoms with van der Waals surface area (Å²) < 4.78 is 4.97. The van der Waals surface area contributed by atoms with Gasteiger partial charge in [-0.25, -0.2) is 5.84 Å². The molecule has 1 heterocycles. The van der Waals surface area contributed by atoms with Gasteiger partial charge in [-0.2, -0.15) is 0 Å². The number of aliphatic hydroxyl groups excluding tert-OH is 2. The molecule has 0 spiro atoms. The van der Waals surface area contributed by atoms with Crippen molar-refractivity contribution in [1.29, 1.82) is 0 Å². The summed E-state index contributed by atoms with van der Waals surface area (Å²) in [6.45, 7) is -0.254. The summed E-state index contributed by atoms with van der Waals surface area (Å²) >= 11 is 0. The van der Waals surface area contributed by atoms with Crippen molar-refractivity contribution in [3.63, 3.8) is 0 Å². The maximum atomic E-state index is 9.20. The number of ether oxygens (including phenoxy) is 1. The van der Waals surface area contributed by atoms with Gasteiger partial charge in [-0.1, -0.05) is 0 Å². The van der Waals surface area contributed by atoms with Gasteiger partial charge in [0.25, 0.3) is 0 Å². The van der Waals surface area contributed by atoms with Gasteiger partial charge in [0.05, 0.1) is 12.6 Å². The second-order valence-corrected chi connectivity index (χ2v) is 2.92. The van der Waals surface area contributed by atoms with Gasteiger partial charge in [-0.15, -0.1) is 5.59 Å². The minimum Gasteiger partial charge on any atom is -0.394 e. The molecule has 1 rings (SSSR count). The van der Waals surface area contributed by atoms with Crippen molar-refractivity contribution in [2.45, 2.75) is 31.0 Å². The van der Waals surface area contributed by atoms with Crippen LogP contribution in [0.25, 0.3) is 0 Å². The molecule has 0 aliphatic carbocycles. The van der Waals surface area contributed by atoms with Crippen LogP contribution in [0.1, 0.15) is 6.42 Å². The molecule has 7 N–H and O–H groups in total. The monoisotopic (exact) mass is 193 g/mol. The Hall–Kier alpha value is -0.280. The van der Waals surface area contributed by atoms with E-state index in [1.54, 1.807) is 0 Å². The van der Waals surface area contributed by atoms with Gasteiger partial charge in [0.1, 0.15) is 12.2 Å². The topological polar surface area (TPSA) is 123 Å². The first-order valence-corrected chi connectivity index (χ1v) is 4.00. The van der Waals surface area contributed by atoms with Crippen LogP contribution in [0.3, 0.4) is 0 Å². The highest BCUT2D eigenvalue weighted by molar-refractivity contribution is 4.83. The van der Waals surface area contributed by atoms with E-state index in [0.29, 0.717) is 6.42 Å². The summed E-state index contributed by atoms with van der Waals surface area (Å²) in [4.78, 5) is 4.86. The largest absolute Gasteiger partial charge is 0.394 e. The Kier molecular flexibility index (Phi) is 4.00. The van der Waals surface area contributed by atoms with Crippen molar-refractivity contribution >= 4 is 0 Å². The molecule has 4 unspecified atom stereocenters. The van der Waals surface area contributed by atoms with Gasteiger partial charge in [-0.05, 0) is 6.42 Å². The Labute approximate surface area is 75.5 Å². The maximum absolute atomic E-state index is 9.20. The average Bonchev–Trinajstić information content (AvgIpc) is 2.11. The fraction of sp³-hybridized carbons (Fsp3) is 1.00. The van der Waals surface area contributed by atoms with E-state index in [0.717, 1.165) is 0 Å². The van der Waals surface area contributed by atoms with Crippen LogP contribution in [0, 0.1) is 0 Å². The molecule has 1 saturated heterocycles. The lowest BCUT2D eigenvalue weighted by molar-refractivity contribution is -0.237. The quantitative estimate of drug-likeness (QED) is 0.242. The van der Waals surface area contributed by atoms with E-state index in [-0.39, 0.29) is 6.61 Å². The number of hydrazine groups is 1. The van der Waals surface area contributed by atoms with Crippen molar-refractivity contribution < 1.29 is 19.8 Å². The molecule has 0 radical (unpaired) electrons. The Morgan fingerprint density at radius 3 is 2.85 bits per heavy atom. The third kappa shape index (κ3) is 2.58. The van der Waals surface area contributed by atoms with Crippen molar-refractivity contribution in [3.05, 3.63) is 0 Å². The molecule has 0 aromatic heterocycles. The fourth-order valence-electron chi connectivity index (χ4n) is 1.28. The van der Waals surface area contributed by atoms with E-state index in [2.05, 4.69) is 0 Å². The summed E-state index contributed by atoms with van der Waals surface area (Å²) in [6, 6.07) is -0.527. The molecule has 0 amide bonds. The van der Waals surface area contributed by atoms with Crippen LogP contribution in [0.4, 0.5) is 0 Å². The van der Waals surface area contributed by atoms with Crippen LogP contribution < -0.4 is 17.2 Å². The number of hydrogen-bond donors (Lipinski definition) is 5. The molecular formula is C6H15N3O4. The first kappa shape index (κ1) is 10.8. The van der Waals surface area contributed by atoms with E-state index in [9.17, 15) is 5.11 Å². The predicted molar refractivity (Wildman–Crippen MR) is 42.8 cm³/mol. The van der Waals surface area contributed by atoms with Crippen LogP contribution in [-0.2, 0) is 9.57 Å². The van der Waals surface area contributed by atoms with E-state index in [1.807, 2.05) is 5.59 Å². The minimum absolute atomic E-state index is 0.254. The van der Waals surface area contributed by atoms with Crippen molar-refractivity contribution in [1.82, 2.24) is 5.59 Å². The molecule has 13 heavy (non-hydrogen) atoms. The predicted octanol–water partition coefficient (Wildman–Crippen LogP) is -2.82. The number of rotatable bonds is 3. The average molecular weight is 193 g/mol. The Morgan fingerprint density at radius 2 is 2.31 bits per heavy atom. The molecule has 0 aromatic carbocycles. The zero-order valence-electron chi connectivity index (χ0n) is 7.09. The Bertz CT molecular complexity index is 159. The van der Waals surface area contributed by atoms with Gasteiger partial charge in [0.2, 0.25) is 0 Å². The SMILES string of the molecule is NNOC1CC(N)C(O)OC1CO. The molecule has 4 atom stereocenters. The normalized spacial score (nSPS) is 40.6. The molecule has 0 saturated carbocycles. The first-order valence-electron chi connectivity index (χ1n) is 4.00. The van der Waals surface area contributed by atoms with E-state index in [4.69, 9.17) is 26.3 Å². The van der Waals surface area contributed by atoms with Crippen molar-refractivity contribution in [3.8, 4) is 0 Å². The third-order valence-corrected chi connectivity index (χ3v) is 2.00. The number of aliphatic hydroxyl groups is 2. The second-order valence-electron chi connectivity index (χ2n) is 2.92. The van der Waals surface area contributed by atoms with Crippen LogP contribution in [0.15, 0.2) is 0 Å². The zero-order chi connectivity index (χ0) is 9.84. The smallest absolute Gasteiger partial charge is 0.170 e. The first-order chi connectivity index (χ1) is 6.19. The van der Waals surface area contributed by atoms with Crippen LogP contribution >= 0.6 is 0 Å². The van der Waals surface area contributed by atoms with Gasteiger partial charge >= 0.3 is 0 Å². The summed E-state index contributed by atoms with van der Waals surface area (Å²) in [5, 5.41) is 18.1. The lowest BCUT2D eigenvalue weighted by atomic mass is 10.0. The number of nitrogens with two attached hydrogens (primary N) is 2. The molecule has 0 bridgehead atoms. The van der Waals surface area contributed by atoms with Gasteiger partial charge in [0.15, 0.2) is 6.29 Å². The highest BCUT2D eigenvalue weighted by Crippen LogP contribution is 2.19.